The first-order valence-electron chi connectivity index (χ1n) is 15.0. The highest BCUT2D eigenvalue weighted by Gasteiger charge is 2.30. The van der Waals surface area contributed by atoms with E-state index in [1.54, 1.807) is 27.8 Å². The molecule has 1 amide bonds. The molecule has 2 fully saturated rings. The average molecular weight is 661 g/mol. The SMILES string of the molecule is C=CC(=O)N1CC(OCCn2c(=O)c(-c3c(Cl)c(OC)cc(OC)c3Cl)cc3cnc(NCCN4CCN(CC)CC4)nc32)C1. The van der Waals surface area contributed by atoms with Gasteiger partial charge in [0.2, 0.25) is 11.9 Å². The molecule has 45 heavy (non-hydrogen) atoms. The van der Waals surface area contributed by atoms with E-state index in [-0.39, 0.29) is 46.3 Å². The summed E-state index contributed by atoms with van der Waals surface area (Å²) < 4.78 is 18.4. The molecule has 0 saturated carbocycles. The number of halogens is 2. The van der Waals surface area contributed by atoms with E-state index in [2.05, 4.69) is 33.6 Å². The first kappa shape index (κ1) is 33.0. The third-order valence-corrected chi connectivity index (χ3v) is 9.05. The van der Waals surface area contributed by atoms with Gasteiger partial charge < -0.3 is 29.3 Å². The first-order valence-corrected chi connectivity index (χ1v) is 15.8. The molecule has 0 atom stereocenters. The van der Waals surface area contributed by atoms with Crippen LogP contribution in [0.5, 0.6) is 11.5 Å². The quantitative estimate of drug-likeness (QED) is 0.274. The van der Waals surface area contributed by atoms with Gasteiger partial charge in [-0.1, -0.05) is 36.7 Å². The van der Waals surface area contributed by atoms with Crippen molar-refractivity contribution in [2.75, 3.05) is 85.0 Å². The smallest absolute Gasteiger partial charge is 0.260 e. The van der Waals surface area contributed by atoms with Gasteiger partial charge in [-0.15, -0.1) is 0 Å². The van der Waals surface area contributed by atoms with Gasteiger partial charge in [-0.3, -0.25) is 19.1 Å². The number of fused-ring (bicyclic) bond motifs is 1. The second-order valence-corrected chi connectivity index (χ2v) is 11.7. The molecule has 14 heteroatoms. The summed E-state index contributed by atoms with van der Waals surface area (Å²) >= 11 is 13.4. The van der Waals surface area contributed by atoms with E-state index in [9.17, 15) is 9.59 Å². The number of piperazine rings is 1. The van der Waals surface area contributed by atoms with Crippen LogP contribution >= 0.6 is 23.2 Å². The number of hydrogen-bond acceptors (Lipinski definition) is 10. The van der Waals surface area contributed by atoms with Crippen LogP contribution in [0, 0.1) is 0 Å². The lowest BCUT2D eigenvalue weighted by molar-refractivity contribution is -0.139. The molecule has 0 aliphatic carbocycles. The molecule has 1 aromatic carbocycles. The van der Waals surface area contributed by atoms with Crippen LogP contribution in [0.25, 0.3) is 22.2 Å². The first-order chi connectivity index (χ1) is 21.8. The Morgan fingerprint density at radius 1 is 1.07 bits per heavy atom. The zero-order valence-corrected chi connectivity index (χ0v) is 27.4. The summed E-state index contributed by atoms with van der Waals surface area (Å²) in [6.07, 6.45) is 2.83. The summed E-state index contributed by atoms with van der Waals surface area (Å²) in [5.41, 5.74) is 0.622. The van der Waals surface area contributed by atoms with Crippen LogP contribution in [0.3, 0.4) is 0 Å². The molecule has 2 aliphatic rings. The van der Waals surface area contributed by atoms with E-state index in [0.29, 0.717) is 53.7 Å². The highest BCUT2D eigenvalue weighted by atomic mass is 35.5. The van der Waals surface area contributed by atoms with E-state index in [1.165, 1.54) is 20.3 Å². The van der Waals surface area contributed by atoms with Gasteiger partial charge in [0.1, 0.15) is 17.1 Å². The maximum atomic E-state index is 14.2. The van der Waals surface area contributed by atoms with E-state index < -0.39 is 0 Å². The largest absolute Gasteiger partial charge is 0.495 e. The van der Waals surface area contributed by atoms with Gasteiger partial charge in [-0.05, 0) is 18.7 Å². The Kier molecular flexibility index (Phi) is 10.8. The number of pyridine rings is 1. The highest BCUT2D eigenvalue weighted by Crippen LogP contribution is 2.45. The maximum absolute atomic E-state index is 14.2. The third-order valence-electron chi connectivity index (χ3n) is 8.30. The molecule has 4 heterocycles. The van der Waals surface area contributed by atoms with Crippen LogP contribution in [0.2, 0.25) is 10.0 Å². The van der Waals surface area contributed by atoms with E-state index in [0.717, 1.165) is 39.3 Å². The van der Waals surface area contributed by atoms with Crippen LogP contribution in [0.1, 0.15) is 6.92 Å². The van der Waals surface area contributed by atoms with Crippen molar-refractivity contribution in [3.63, 3.8) is 0 Å². The van der Waals surface area contributed by atoms with Crippen LogP contribution in [0.15, 0.2) is 35.8 Å². The Morgan fingerprint density at radius 3 is 2.36 bits per heavy atom. The van der Waals surface area contributed by atoms with Crippen molar-refractivity contribution in [3.05, 3.63) is 51.4 Å². The normalized spacial score (nSPS) is 16.1. The molecule has 0 spiro atoms. The van der Waals surface area contributed by atoms with Gasteiger partial charge in [0, 0.05) is 75.6 Å². The molecule has 1 N–H and O–H groups in total. The zero-order chi connectivity index (χ0) is 32.1. The van der Waals surface area contributed by atoms with Crippen LogP contribution in [0.4, 0.5) is 5.95 Å². The van der Waals surface area contributed by atoms with Crippen LogP contribution in [-0.2, 0) is 16.1 Å². The summed E-state index contributed by atoms with van der Waals surface area (Å²) in [6, 6.07) is 3.26. The minimum absolute atomic E-state index is 0.128. The van der Waals surface area contributed by atoms with Gasteiger partial charge in [-0.2, -0.15) is 4.98 Å². The molecule has 2 aromatic heterocycles. The lowest BCUT2D eigenvalue weighted by Crippen LogP contribution is -2.54. The van der Waals surface area contributed by atoms with Crippen molar-refractivity contribution in [2.45, 2.75) is 19.6 Å². The van der Waals surface area contributed by atoms with E-state index in [4.69, 9.17) is 42.4 Å². The number of amides is 1. The Hall–Kier alpha value is -3.42. The number of carbonyl (C=O) groups excluding carboxylic acids is 1. The Labute approximate surface area is 272 Å². The van der Waals surface area contributed by atoms with E-state index in [1.807, 2.05) is 0 Å². The number of nitrogens with zero attached hydrogens (tertiary/aromatic N) is 6. The standard InChI is InChI=1S/C31H39Cl2N7O5/c1-5-25(41)39-18-21(19-39)45-14-13-40-29-20(17-35-31(36-29)34-7-8-38-11-9-37(6-2)10-12-38)15-22(30(40)42)26-27(32)23(43-3)16-24(44-4)28(26)33/h5,15-17,21H,1,6-14,18-19H2,2-4H3,(H,34,35,36). The predicted octanol–water partition coefficient (Wildman–Crippen LogP) is 3.25. The fourth-order valence-corrected chi connectivity index (χ4v) is 6.28. The molecule has 0 unspecified atom stereocenters. The monoisotopic (exact) mass is 659 g/mol. The number of aromatic nitrogens is 3. The van der Waals surface area contributed by atoms with Gasteiger partial charge >= 0.3 is 0 Å². The van der Waals surface area contributed by atoms with Gasteiger partial charge in [0.25, 0.3) is 5.56 Å². The number of likely N-dealkylation sites (tertiary alicyclic amines) is 1. The number of nitrogens with one attached hydrogen (secondary N) is 1. The summed E-state index contributed by atoms with van der Waals surface area (Å²) in [5, 5.41) is 4.30. The maximum Gasteiger partial charge on any atom is 0.260 e. The lowest BCUT2D eigenvalue weighted by Gasteiger charge is -2.38. The zero-order valence-electron chi connectivity index (χ0n) is 25.9. The number of ether oxygens (including phenoxy) is 3. The molecule has 12 nitrogen and oxygen atoms in total. The van der Waals surface area contributed by atoms with Crippen molar-refractivity contribution >= 4 is 46.1 Å². The fraction of sp³-hybridized carbons (Fsp3) is 0.484. The van der Waals surface area contributed by atoms with Gasteiger partial charge in [0.15, 0.2) is 0 Å². The third kappa shape index (κ3) is 7.20. The Morgan fingerprint density at radius 2 is 1.73 bits per heavy atom. The topological polar surface area (TPSA) is 114 Å². The number of anilines is 1. The molecule has 5 rings (SSSR count). The van der Waals surface area contributed by atoms with Crippen molar-refractivity contribution in [2.24, 2.45) is 0 Å². The molecule has 2 saturated heterocycles. The number of rotatable bonds is 13. The number of methoxy groups -OCH3 is 2. The van der Waals surface area contributed by atoms with Crippen molar-refractivity contribution in [3.8, 4) is 22.6 Å². The Bertz CT molecular complexity index is 1580. The fourth-order valence-electron chi connectivity index (χ4n) is 5.57. The molecule has 3 aromatic rings. The molecular formula is C31H39Cl2N7O5. The van der Waals surface area contributed by atoms with Crippen molar-refractivity contribution in [1.29, 1.82) is 0 Å². The van der Waals surface area contributed by atoms with Crippen molar-refractivity contribution in [1.82, 2.24) is 29.2 Å². The summed E-state index contributed by atoms with van der Waals surface area (Å²) in [7, 11) is 2.96. The van der Waals surface area contributed by atoms with Crippen LogP contribution < -0.4 is 20.3 Å². The second-order valence-electron chi connectivity index (χ2n) is 10.9. The summed E-state index contributed by atoms with van der Waals surface area (Å²) in [6.45, 7) is 13.9. The number of likely N-dealkylation sites (N-methyl/N-ethyl adjacent to an activating group) is 1. The molecular weight excluding hydrogens is 621 g/mol. The molecule has 2 aliphatic heterocycles. The van der Waals surface area contributed by atoms with Crippen molar-refractivity contribution < 1.29 is 19.0 Å². The minimum atomic E-state index is -0.360. The lowest BCUT2D eigenvalue weighted by atomic mass is 10.0. The molecule has 0 bridgehead atoms. The van der Waals surface area contributed by atoms with Gasteiger partial charge in [0.05, 0.1) is 49.1 Å². The summed E-state index contributed by atoms with van der Waals surface area (Å²) in [5.74, 6) is 0.927. The molecule has 242 valence electrons. The van der Waals surface area contributed by atoms with Crippen LogP contribution in [-0.4, -0.2) is 121 Å². The summed E-state index contributed by atoms with van der Waals surface area (Å²) in [4.78, 5) is 41.8. The predicted molar refractivity (Wildman–Crippen MR) is 176 cm³/mol. The number of hydrogen-bond donors (Lipinski definition) is 1. The average Bonchev–Trinajstić information content (AvgIpc) is 3.03. The van der Waals surface area contributed by atoms with Gasteiger partial charge in [-0.25, -0.2) is 4.98 Å². The highest BCUT2D eigenvalue weighted by molar-refractivity contribution is 6.41. The molecule has 0 radical (unpaired) electrons. The minimum Gasteiger partial charge on any atom is -0.495 e. The Balaban J connectivity index is 1.43. The number of carbonyl (C=O) groups is 1. The second kappa shape index (κ2) is 14.8. The van der Waals surface area contributed by atoms with E-state index >= 15 is 0 Å². The number of benzene rings is 1.